The van der Waals surface area contributed by atoms with Crippen LogP contribution in [0, 0.1) is 0 Å². The number of aryl methyl sites for hydroxylation is 1. The van der Waals surface area contributed by atoms with Crippen molar-refractivity contribution in [3.05, 3.63) is 42.0 Å². The van der Waals surface area contributed by atoms with Gasteiger partial charge in [-0.3, -0.25) is 9.89 Å². The van der Waals surface area contributed by atoms with Crippen LogP contribution in [0.5, 0.6) is 5.75 Å². The molecule has 1 aromatic carbocycles. The Balaban J connectivity index is 1.63. The molecule has 2 N–H and O–H groups in total. The first kappa shape index (κ1) is 19.2. The summed E-state index contributed by atoms with van der Waals surface area (Å²) >= 11 is 0. The number of likely N-dealkylation sites (tertiary alicyclic amines) is 1. The molecule has 0 radical (unpaired) electrons. The van der Waals surface area contributed by atoms with Gasteiger partial charge in [-0.2, -0.15) is 0 Å². The Morgan fingerprint density at radius 1 is 1.22 bits per heavy atom. The highest BCUT2D eigenvalue weighted by molar-refractivity contribution is 5.79. The largest absolute Gasteiger partial charge is 0.497 e. The summed E-state index contributed by atoms with van der Waals surface area (Å²) in [5, 5.41) is 14.8. The number of hydrogen-bond acceptors (Lipinski definition) is 5. The van der Waals surface area contributed by atoms with Gasteiger partial charge in [0, 0.05) is 20.6 Å². The molecule has 1 aliphatic heterocycles. The molecule has 1 atom stereocenters. The van der Waals surface area contributed by atoms with E-state index in [1.165, 1.54) is 18.4 Å². The molecule has 0 spiro atoms. The van der Waals surface area contributed by atoms with Crippen molar-refractivity contribution in [2.24, 2.45) is 12.0 Å². The number of rotatable bonds is 7. The van der Waals surface area contributed by atoms with Crippen molar-refractivity contribution in [1.82, 2.24) is 30.3 Å². The summed E-state index contributed by atoms with van der Waals surface area (Å²) in [4.78, 5) is 6.87. The van der Waals surface area contributed by atoms with E-state index in [-0.39, 0.29) is 0 Å². The quantitative estimate of drug-likeness (QED) is 0.565. The summed E-state index contributed by atoms with van der Waals surface area (Å²) in [7, 11) is 5.41. The molecule has 1 fully saturated rings. The summed E-state index contributed by atoms with van der Waals surface area (Å²) in [6, 6.07) is 8.66. The first-order valence-corrected chi connectivity index (χ1v) is 9.36. The van der Waals surface area contributed by atoms with E-state index in [1.807, 2.05) is 23.7 Å². The minimum absolute atomic E-state index is 0.298. The van der Waals surface area contributed by atoms with Crippen LogP contribution in [0.1, 0.15) is 30.3 Å². The van der Waals surface area contributed by atoms with Gasteiger partial charge in [-0.1, -0.05) is 12.1 Å². The fraction of sp³-hybridized carbons (Fsp3) is 0.526. The number of guanidine groups is 1. The minimum Gasteiger partial charge on any atom is -0.497 e. The average Bonchev–Trinajstić information content (AvgIpc) is 3.37. The molecule has 1 unspecified atom stereocenters. The summed E-state index contributed by atoms with van der Waals surface area (Å²) in [6.07, 6.45) is 4.21. The number of ether oxygens (including phenoxy) is 1. The van der Waals surface area contributed by atoms with Crippen molar-refractivity contribution in [3.63, 3.8) is 0 Å². The lowest BCUT2D eigenvalue weighted by molar-refractivity contribution is 0.245. The van der Waals surface area contributed by atoms with Crippen molar-refractivity contribution < 1.29 is 4.74 Å². The van der Waals surface area contributed by atoms with E-state index in [2.05, 4.69) is 42.9 Å². The maximum Gasteiger partial charge on any atom is 0.191 e. The maximum atomic E-state index is 5.30. The van der Waals surface area contributed by atoms with Crippen molar-refractivity contribution in [2.75, 3.05) is 33.8 Å². The first-order valence-electron chi connectivity index (χ1n) is 9.36. The molecule has 3 rings (SSSR count). The SMILES string of the molecule is CN=C(NCc1nncn1C)NCC(c1ccc(OC)cc1)N1CCCC1. The van der Waals surface area contributed by atoms with Crippen molar-refractivity contribution >= 4 is 5.96 Å². The second-order valence-corrected chi connectivity index (χ2v) is 6.70. The van der Waals surface area contributed by atoms with Crippen LogP contribution >= 0.6 is 0 Å². The standard InChI is InChI=1S/C19H29N7O/c1-20-19(22-13-18-24-23-14-25(18)2)21-12-17(26-10-4-5-11-26)15-6-8-16(27-3)9-7-15/h6-9,14,17H,4-5,10-13H2,1-3H3,(H2,20,21,22). The minimum atomic E-state index is 0.298. The number of benzene rings is 1. The molecule has 0 bridgehead atoms. The van der Waals surface area contributed by atoms with Gasteiger partial charge in [0.2, 0.25) is 0 Å². The second-order valence-electron chi connectivity index (χ2n) is 6.70. The highest BCUT2D eigenvalue weighted by Gasteiger charge is 2.23. The molecule has 1 aromatic heterocycles. The fourth-order valence-corrected chi connectivity index (χ4v) is 3.38. The van der Waals surface area contributed by atoms with Crippen LogP contribution in [0.4, 0.5) is 0 Å². The summed E-state index contributed by atoms with van der Waals surface area (Å²) in [5.74, 6) is 2.51. The third kappa shape index (κ3) is 4.97. The van der Waals surface area contributed by atoms with Gasteiger partial charge >= 0.3 is 0 Å². The molecule has 146 valence electrons. The van der Waals surface area contributed by atoms with Gasteiger partial charge in [-0.25, -0.2) is 0 Å². The Morgan fingerprint density at radius 2 is 1.96 bits per heavy atom. The van der Waals surface area contributed by atoms with Crippen LogP contribution in [-0.4, -0.2) is 59.4 Å². The third-order valence-corrected chi connectivity index (χ3v) is 4.99. The Labute approximate surface area is 160 Å². The predicted molar refractivity (Wildman–Crippen MR) is 106 cm³/mol. The predicted octanol–water partition coefficient (Wildman–Crippen LogP) is 1.33. The van der Waals surface area contributed by atoms with Crippen LogP contribution in [-0.2, 0) is 13.6 Å². The van der Waals surface area contributed by atoms with Gasteiger partial charge in [-0.15, -0.1) is 10.2 Å². The van der Waals surface area contributed by atoms with Gasteiger partial charge in [0.25, 0.3) is 0 Å². The van der Waals surface area contributed by atoms with E-state index in [0.717, 1.165) is 37.2 Å². The first-order chi connectivity index (χ1) is 13.2. The van der Waals surface area contributed by atoms with Crippen LogP contribution in [0.3, 0.4) is 0 Å². The van der Waals surface area contributed by atoms with Gasteiger partial charge in [-0.05, 0) is 43.6 Å². The number of nitrogens with zero attached hydrogens (tertiary/aromatic N) is 5. The molecule has 1 saturated heterocycles. The molecular weight excluding hydrogens is 342 g/mol. The Hall–Kier alpha value is -2.61. The van der Waals surface area contributed by atoms with Crippen molar-refractivity contribution in [3.8, 4) is 5.75 Å². The van der Waals surface area contributed by atoms with Crippen molar-refractivity contribution in [2.45, 2.75) is 25.4 Å². The number of hydrogen-bond donors (Lipinski definition) is 2. The highest BCUT2D eigenvalue weighted by Crippen LogP contribution is 2.26. The Kier molecular flexibility index (Phi) is 6.64. The lowest BCUT2D eigenvalue weighted by atomic mass is 10.1. The van der Waals surface area contributed by atoms with Crippen LogP contribution in [0.15, 0.2) is 35.6 Å². The number of methoxy groups -OCH3 is 1. The zero-order chi connectivity index (χ0) is 19.1. The Bertz CT molecular complexity index is 735. The van der Waals surface area contributed by atoms with E-state index in [1.54, 1.807) is 20.5 Å². The third-order valence-electron chi connectivity index (χ3n) is 4.99. The summed E-state index contributed by atoms with van der Waals surface area (Å²) in [5.41, 5.74) is 1.29. The van der Waals surface area contributed by atoms with E-state index in [9.17, 15) is 0 Å². The normalized spacial score (nSPS) is 16.3. The average molecular weight is 371 g/mol. The van der Waals surface area contributed by atoms with Gasteiger partial charge in [0.1, 0.15) is 12.1 Å². The Morgan fingerprint density at radius 3 is 2.56 bits per heavy atom. The summed E-state index contributed by atoms with van der Waals surface area (Å²) < 4.78 is 7.19. The monoisotopic (exact) mass is 371 g/mol. The molecule has 8 nitrogen and oxygen atoms in total. The maximum absolute atomic E-state index is 5.30. The molecule has 1 aliphatic rings. The summed E-state index contributed by atoms with van der Waals surface area (Å²) in [6.45, 7) is 3.62. The molecule has 27 heavy (non-hydrogen) atoms. The number of nitrogens with one attached hydrogen (secondary N) is 2. The molecule has 8 heteroatoms. The van der Waals surface area contributed by atoms with Gasteiger partial charge in [0.15, 0.2) is 11.8 Å². The highest BCUT2D eigenvalue weighted by atomic mass is 16.5. The molecule has 0 aliphatic carbocycles. The fourth-order valence-electron chi connectivity index (χ4n) is 3.38. The van der Waals surface area contributed by atoms with E-state index in [0.29, 0.717) is 12.6 Å². The smallest absolute Gasteiger partial charge is 0.191 e. The number of aromatic nitrogens is 3. The topological polar surface area (TPSA) is 79.6 Å². The van der Waals surface area contributed by atoms with E-state index in [4.69, 9.17) is 4.74 Å². The number of aliphatic imine (C=N–C) groups is 1. The van der Waals surface area contributed by atoms with Crippen LogP contribution in [0.25, 0.3) is 0 Å². The molecule has 0 amide bonds. The lowest BCUT2D eigenvalue weighted by Gasteiger charge is -2.29. The van der Waals surface area contributed by atoms with E-state index < -0.39 is 0 Å². The van der Waals surface area contributed by atoms with Crippen LogP contribution < -0.4 is 15.4 Å². The molecule has 0 saturated carbocycles. The zero-order valence-corrected chi connectivity index (χ0v) is 16.4. The molecular formula is C19H29N7O. The zero-order valence-electron chi connectivity index (χ0n) is 16.4. The van der Waals surface area contributed by atoms with Crippen molar-refractivity contribution in [1.29, 1.82) is 0 Å². The van der Waals surface area contributed by atoms with Gasteiger partial charge in [0.05, 0.1) is 19.7 Å². The van der Waals surface area contributed by atoms with Gasteiger partial charge < -0.3 is 19.9 Å². The lowest BCUT2D eigenvalue weighted by Crippen LogP contribution is -2.42. The van der Waals surface area contributed by atoms with Crippen LogP contribution in [0.2, 0.25) is 0 Å². The second kappa shape index (κ2) is 9.36. The molecule has 2 aromatic rings. The molecule has 2 heterocycles. The van der Waals surface area contributed by atoms with E-state index >= 15 is 0 Å².